The number of thiazole rings is 1. The third kappa shape index (κ3) is 2.62. The van der Waals surface area contributed by atoms with Gasteiger partial charge in [0.15, 0.2) is 17.5 Å². The van der Waals surface area contributed by atoms with E-state index in [4.69, 9.17) is 0 Å². The van der Waals surface area contributed by atoms with Gasteiger partial charge in [0.05, 0.1) is 9.71 Å². The second kappa shape index (κ2) is 5.84. The van der Waals surface area contributed by atoms with Crippen molar-refractivity contribution >= 4 is 21.6 Å². The van der Waals surface area contributed by atoms with E-state index in [2.05, 4.69) is 24.9 Å². The second-order valence-electron chi connectivity index (χ2n) is 6.15. The highest BCUT2D eigenvalue weighted by Gasteiger charge is 2.42. The average molecular weight is 367 g/mol. The average Bonchev–Trinajstić information content (AvgIpc) is 3.35. The number of nitrogens with zero attached hydrogens (tertiary/aromatic N) is 5. The van der Waals surface area contributed by atoms with Crippen LogP contribution in [0.15, 0.2) is 43.0 Å². The smallest absolute Gasteiger partial charge is 0.197 e. The number of benzene rings is 1. The van der Waals surface area contributed by atoms with Crippen LogP contribution < -0.4 is 0 Å². The largest absolute Gasteiger partial charge is 0.238 e. The Kier molecular flexibility index (Phi) is 3.46. The summed E-state index contributed by atoms with van der Waals surface area (Å²) in [6.45, 7) is 0. The van der Waals surface area contributed by atoms with Crippen LogP contribution in [0.1, 0.15) is 28.8 Å². The van der Waals surface area contributed by atoms with Crippen LogP contribution in [-0.4, -0.2) is 24.9 Å². The molecule has 3 heterocycles. The first-order chi connectivity index (χ1) is 12.7. The molecular formula is C18H11F2N5S. The molecule has 2 atom stereocenters. The second-order valence-corrected chi connectivity index (χ2v) is 7.21. The van der Waals surface area contributed by atoms with Crippen LogP contribution in [0.5, 0.6) is 0 Å². The van der Waals surface area contributed by atoms with Gasteiger partial charge in [-0.3, -0.25) is 0 Å². The van der Waals surface area contributed by atoms with Crippen LogP contribution >= 0.6 is 11.3 Å². The van der Waals surface area contributed by atoms with Crippen molar-refractivity contribution in [1.82, 2.24) is 24.9 Å². The Bertz CT molecular complexity index is 1100. The van der Waals surface area contributed by atoms with Crippen LogP contribution in [-0.2, 0) is 0 Å². The Morgan fingerprint density at radius 2 is 1.65 bits per heavy atom. The van der Waals surface area contributed by atoms with E-state index in [0.29, 0.717) is 16.3 Å². The lowest BCUT2D eigenvalue weighted by Gasteiger charge is -2.00. The zero-order valence-electron chi connectivity index (χ0n) is 13.3. The summed E-state index contributed by atoms with van der Waals surface area (Å²) < 4.78 is 27.7. The Hall–Kier alpha value is -2.87. The fourth-order valence-corrected chi connectivity index (χ4v) is 4.21. The van der Waals surface area contributed by atoms with Crippen molar-refractivity contribution in [2.45, 2.75) is 18.3 Å². The van der Waals surface area contributed by atoms with Crippen molar-refractivity contribution in [3.05, 3.63) is 65.2 Å². The predicted octanol–water partition coefficient (Wildman–Crippen LogP) is 4.09. The van der Waals surface area contributed by atoms with E-state index in [-0.39, 0.29) is 17.4 Å². The van der Waals surface area contributed by atoms with Crippen molar-refractivity contribution in [3.8, 4) is 11.6 Å². The molecule has 1 saturated carbocycles. The molecular weight excluding hydrogens is 356 g/mol. The highest BCUT2D eigenvalue weighted by Crippen LogP contribution is 2.55. The molecule has 128 valence electrons. The molecule has 0 aliphatic heterocycles. The van der Waals surface area contributed by atoms with Crippen LogP contribution in [0, 0.1) is 11.6 Å². The van der Waals surface area contributed by atoms with Gasteiger partial charge < -0.3 is 0 Å². The first-order valence-electron chi connectivity index (χ1n) is 8.04. The van der Waals surface area contributed by atoms with Gasteiger partial charge in [-0.2, -0.15) is 0 Å². The van der Waals surface area contributed by atoms with Crippen molar-refractivity contribution in [2.24, 2.45) is 0 Å². The first-order valence-corrected chi connectivity index (χ1v) is 8.85. The summed E-state index contributed by atoms with van der Waals surface area (Å²) >= 11 is 1.34. The molecule has 1 aliphatic rings. The van der Waals surface area contributed by atoms with Gasteiger partial charge in [0.2, 0.25) is 0 Å². The molecule has 0 radical (unpaired) electrons. The van der Waals surface area contributed by atoms with Crippen LogP contribution in [0.25, 0.3) is 21.9 Å². The van der Waals surface area contributed by atoms with Gasteiger partial charge in [0.25, 0.3) is 0 Å². The summed E-state index contributed by atoms with van der Waals surface area (Å²) in [5.41, 5.74) is 1.24. The maximum atomic E-state index is 13.8. The molecule has 0 bridgehead atoms. The summed E-state index contributed by atoms with van der Waals surface area (Å²) in [6.07, 6.45) is 7.74. The van der Waals surface area contributed by atoms with E-state index in [1.165, 1.54) is 17.4 Å². The molecule has 1 fully saturated rings. The molecule has 8 heteroatoms. The van der Waals surface area contributed by atoms with Gasteiger partial charge >= 0.3 is 0 Å². The van der Waals surface area contributed by atoms with Crippen molar-refractivity contribution in [3.63, 3.8) is 0 Å². The number of hydrogen-bond donors (Lipinski definition) is 0. The Morgan fingerprint density at radius 3 is 2.42 bits per heavy atom. The molecule has 0 N–H and O–H groups in total. The van der Waals surface area contributed by atoms with E-state index in [0.717, 1.165) is 23.1 Å². The van der Waals surface area contributed by atoms with Gasteiger partial charge in [0.1, 0.15) is 11.3 Å². The topological polar surface area (TPSA) is 64.5 Å². The fraction of sp³-hybridized carbons (Fsp3) is 0.167. The Morgan fingerprint density at radius 1 is 0.923 bits per heavy atom. The highest BCUT2D eigenvalue weighted by atomic mass is 32.1. The number of hydrogen-bond acceptors (Lipinski definition) is 6. The molecule has 1 aliphatic carbocycles. The minimum atomic E-state index is -0.616. The van der Waals surface area contributed by atoms with Crippen molar-refractivity contribution in [2.75, 3.05) is 0 Å². The maximum absolute atomic E-state index is 13.8. The third-order valence-corrected chi connectivity index (χ3v) is 5.54. The first kappa shape index (κ1) is 15.4. The molecule has 0 amide bonds. The zero-order valence-corrected chi connectivity index (χ0v) is 14.1. The lowest BCUT2D eigenvalue weighted by atomic mass is 10.2. The summed E-state index contributed by atoms with van der Waals surface area (Å²) in [4.78, 5) is 21.3. The Balaban J connectivity index is 1.40. The molecule has 26 heavy (non-hydrogen) atoms. The predicted molar refractivity (Wildman–Crippen MR) is 92.7 cm³/mol. The molecule has 1 aromatic carbocycles. The van der Waals surface area contributed by atoms with Gasteiger partial charge in [-0.05, 0) is 30.0 Å². The summed E-state index contributed by atoms with van der Waals surface area (Å²) in [7, 11) is 0. The highest BCUT2D eigenvalue weighted by molar-refractivity contribution is 7.18. The number of rotatable bonds is 3. The standard InChI is InChI=1S/C18H11F2N5S/c19-10-4-13(20)15-14(5-10)26-18(25-15)12-6-11(12)9-7-23-17(24-8-9)16-21-2-1-3-22-16/h1-5,7-8,11-12H,6H2/t11-,12+/m0/s1. The summed E-state index contributed by atoms with van der Waals surface area (Å²) in [6, 6.07) is 3.93. The fourth-order valence-electron chi connectivity index (χ4n) is 3.03. The van der Waals surface area contributed by atoms with Crippen LogP contribution in [0.4, 0.5) is 8.78 Å². The number of halogens is 2. The molecule has 5 rings (SSSR count). The molecule has 0 spiro atoms. The van der Waals surface area contributed by atoms with Gasteiger partial charge in [-0.25, -0.2) is 33.7 Å². The zero-order chi connectivity index (χ0) is 17.7. The molecule has 0 unspecified atom stereocenters. The normalized spacial score (nSPS) is 19.0. The lowest BCUT2D eigenvalue weighted by molar-refractivity contribution is 0.591. The monoisotopic (exact) mass is 367 g/mol. The van der Waals surface area contributed by atoms with Crippen molar-refractivity contribution < 1.29 is 8.78 Å². The van der Waals surface area contributed by atoms with Gasteiger partial charge in [-0.1, -0.05) is 0 Å². The molecule has 5 nitrogen and oxygen atoms in total. The van der Waals surface area contributed by atoms with Gasteiger partial charge in [-0.15, -0.1) is 11.3 Å². The van der Waals surface area contributed by atoms with E-state index < -0.39 is 11.6 Å². The number of fused-ring (bicyclic) bond motifs is 1. The molecule has 4 aromatic rings. The SMILES string of the molecule is Fc1cc(F)c2nc([C@@H]3C[C@H]3c3cnc(-c4ncccn4)nc3)sc2c1. The molecule has 3 aromatic heterocycles. The third-order valence-electron chi connectivity index (χ3n) is 4.40. The quantitative estimate of drug-likeness (QED) is 0.546. The minimum absolute atomic E-state index is 0.192. The summed E-state index contributed by atoms with van der Waals surface area (Å²) in [5.74, 6) is 0.200. The van der Waals surface area contributed by atoms with E-state index in [9.17, 15) is 8.78 Å². The molecule has 0 saturated heterocycles. The van der Waals surface area contributed by atoms with E-state index in [1.807, 2.05) is 0 Å². The van der Waals surface area contributed by atoms with Crippen LogP contribution in [0.3, 0.4) is 0 Å². The van der Waals surface area contributed by atoms with E-state index in [1.54, 1.807) is 30.9 Å². The summed E-state index contributed by atoms with van der Waals surface area (Å²) in [5, 5.41) is 0.824. The minimum Gasteiger partial charge on any atom is -0.238 e. The Labute approximate surface area is 150 Å². The van der Waals surface area contributed by atoms with Crippen molar-refractivity contribution in [1.29, 1.82) is 0 Å². The maximum Gasteiger partial charge on any atom is 0.197 e. The van der Waals surface area contributed by atoms with E-state index >= 15 is 0 Å². The van der Waals surface area contributed by atoms with Gasteiger partial charge in [0, 0.05) is 36.8 Å². The lowest BCUT2D eigenvalue weighted by Crippen LogP contribution is -1.95. The number of aromatic nitrogens is 5. The van der Waals surface area contributed by atoms with Crippen LogP contribution in [0.2, 0.25) is 0 Å².